The van der Waals surface area contributed by atoms with Gasteiger partial charge < -0.3 is 10.1 Å². The van der Waals surface area contributed by atoms with Crippen molar-refractivity contribution in [2.75, 3.05) is 11.1 Å². The summed E-state index contributed by atoms with van der Waals surface area (Å²) >= 11 is 1.65. The quantitative estimate of drug-likeness (QED) is 0.314. The van der Waals surface area contributed by atoms with Gasteiger partial charge in [0.25, 0.3) is 0 Å². The Bertz CT molecular complexity index is 1180. The Balaban J connectivity index is 1.65. The number of ketones is 1. The van der Waals surface area contributed by atoms with Crippen LogP contribution in [0.5, 0.6) is 5.75 Å². The fourth-order valence-electron chi connectivity index (χ4n) is 3.97. The molecule has 1 unspecified atom stereocenters. The van der Waals surface area contributed by atoms with Crippen LogP contribution in [0.3, 0.4) is 0 Å². The van der Waals surface area contributed by atoms with E-state index in [1.165, 1.54) is 5.56 Å². The van der Waals surface area contributed by atoms with Gasteiger partial charge in [-0.1, -0.05) is 61.5 Å². The molecule has 4 rings (SSSR count). The number of aryl methyl sites for hydroxylation is 1. The van der Waals surface area contributed by atoms with E-state index in [1.54, 1.807) is 18.7 Å². The number of aromatic nitrogens is 3. The molecule has 0 bridgehead atoms. The highest BCUT2D eigenvalue weighted by Crippen LogP contribution is 2.37. The Kier molecular flexibility index (Phi) is 7.18. The molecule has 33 heavy (non-hydrogen) atoms. The van der Waals surface area contributed by atoms with Crippen molar-refractivity contribution in [1.29, 1.82) is 0 Å². The summed E-state index contributed by atoms with van der Waals surface area (Å²) < 4.78 is 7.95. The molecule has 6 nitrogen and oxygen atoms in total. The molecule has 2 aromatic carbocycles. The van der Waals surface area contributed by atoms with Crippen LogP contribution in [0.1, 0.15) is 56.3 Å². The van der Waals surface area contributed by atoms with Gasteiger partial charge in [-0.3, -0.25) is 4.79 Å². The molecule has 1 aliphatic heterocycles. The summed E-state index contributed by atoms with van der Waals surface area (Å²) in [6, 6.07) is 15.8. The van der Waals surface area contributed by atoms with Crippen LogP contribution in [0.2, 0.25) is 0 Å². The number of anilines is 1. The second-order valence-corrected chi connectivity index (χ2v) is 9.34. The number of unbranched alkanes of at least 4 members (excludes halogenated alkanes) is 1. The molecular weight excluding hydrogens is 432 g/mol. The van der Waals surface area contributed by atoms with E-state index in [0.29, 0.717) is 18.1 Å². The number of nitrogens with one attached hydrogen (secondary N) is 1. The molecule has 0 spiro atoms. The lowest BCUT2D eigenvalue weighted by Crippen LogP contribution is -2.27. The van der Waals surface area contributed by atoms with Crippen molar-refractivity contribution in [1.82, 2.24) is 14.8 Å². The minimum Gasteiger partial charge on any atom is -0.489 e. The first-order valence-electron chi connectivity index (χ1n) is 11.3. The number of rotatable bonds is 9. The summed E-state index contributed by atoms with van der Waals surface area (Å²) in [5, 5.41) is 8.76. The van der Waals surface area contributed by atoms with Crippen molar-refractivity contribution in [2.24, 2.45) is 0 Å². The van der Waals surface area contributed by atoms with E-state index in [0.717, 1.165) is 46.3 Å². The van der Waals surface area contributed by atoms with Gasteiger partial charge in [0, 0.05) is 17.0 Å². The number of fused-ring (bicyclic) bond motifs is 1. The van der Waals surface area contributed by atoms with E-state index in [1.807, 2.05) is 48.0 Å². The van der Waals surface area contributed by atoms with Crippen molar-refractivity contribution < 1.29 is 9.53 Å². The predicted molar refractivity (Wildman–Crippen MR) is 133 cm³/mol. The zero-order valence-electron chi connectivity index (χ0n) is 19.6. The van der Waals surface area contributed by atoms with Crippen molar-refractivity contribution in [2.45, 2.75) is 58.3 Å². The summed E-state index contributed by atoms with van der Waals surface area (Å²) in [4.78, 5) is 17.3. The standard InChI is InChI=1S/C26H30N4O2S/c1-5-6-14-33-26-28-25-27-18(3)23(19(4)31)24(30(25)29-26)20-12-9-13-22(15-20)32-16-21-11-8-7-10-17(21)2/h7-13,15,24H,5-6,14,16H2,1-4H3,(H,27,28,29). The molecule has 0 radical (unpaired) electrons. The summed E-state index contributed by atoms with van der Waals surface area (Å²) in [7, 11) is 0. The van der Waals surface area contributed by atoms with E-state index in [-0.39, 0.29) is 11.8 Å². The van der Waals surface area contributed by atoms with Crippen LogP contribution < -0.4 is 10.1 Å². The highest BCUT2D eigenvalue weighted by Gasteiger charge is 2.32. The van der Waals surface area contributed by atoms with E-state index < -0.39 is 0 Å². The van der Waals surface area contributed by atoms with Gasteiger partial charge in [0.2, 0.25) is 11.1 Å². The molecule has 0 saturated carbocycles. The van der Waals surface area contributed by atoms with E-state index >= 15 is 0 Å². The molecule has 7 heteroatoms. The van der Waals surface area contributed by atoms with Gasteiger partial charge in [-0.05, 0) is 56.0 Å². The second-order valence-electron chi connectivity index (χ2n) is 8.27. The zero-order valence-corrected chi connectivity index (χ0v) is 20.4. The lowest BCUT2D eigenvalue weighted by molar-refractivity contribution is -0.114. The van der Waals surface area contributed by atoms with Gasteiger partial charge in [-0.2, -0.15) is 4.98 Å². The molecule has 3 aromatic rings. The number of nitrogens with zero attached hydrogens (tertiary/aromatic N) is 3. The Morgan fingerprint density at radius 3 is 2.76 bits per heavy atom. The molecule has 1 aromatic heterocycles. The van der Waals surface area contributed by atoms with Gasteiger partial charge in [0.15, 0.2) is 5.78 Å². The minimum atomic E-state index is -0.353. The van der Waals surface area contributed by atoms with Crippen molar-refractivity contribution in [3.05, 3.63) is 76.5 Å². The largest absolute Gasteiger partial charge is 0.489 e. The molecule has 1 N–H and O–H groups in total. The Labute approximate surface area is 199 Å². The molecule has 1 atom stereocenters. The molecule has 0 aliphatic carbocycles. The Morgan fingerprint density at radius 1 is 1.18 bits per heavy atom. The third-order valence-corrected chi connectivity index (χ3v) is 6.69. The minimum absolute atomic E-state index is 0.0116. The van der Waals surface area contributed by atoms with Crippen LogP contribution in [-0.2, 0) is 11.4 Å². The number of carbonyl (C=O) groups is 1. The summed E-state index contributed by atoms with van der Waals surface area (Å²) in [5.74, 6) is 2.40. The summed E-state index contributed by atoms with van der Waals surface area (Å²) in [5.41, 5.74) is 4.79. The summed E-state index contributed by atoms with van der Waals surface area (Å²) in [6.07, 6.45) is 2.24. The molecule has 0 fully saturated rings. The maximum absolute atomic E-state index is 12.7. The van der Waals surface area contributed by atoms with Crippen LogP contribution >= 0.6 is 11.8 Å². The van der Waals surface area contributed by atoms with Crippen LogP contribution in [0.15, 0.2) is 65.0 Å². The van der Waals surface area contributed by atoms with Gasteiger partial charge in [-0.25, -0.2) is 4.68 Å². The average molecular weight is 463 g/mol. The van der Waals surface area contributed by atoms with Crippen LogP contribution in [0.25, 0.3) is 0 Å². The Hall–Kier alpha value is -3.06. The maximum atomic E-state index is 12.7. The fourth-order valence-corrected chi connectivity index (χ4v) is 4.88. The average Bonchev–Trinajstić information content (AvgIpc) is 3.20. The van der Waals surface area contributed by atoms with Crippen LogP contribution in [-0.4, -0.2) is 26.3 Å². The lowest BCUT2D eigenvalue weighted by Gasteiger charge is -2.28. The number of carbonyl (C=O) groups excluding carboxylic acids is 1. The molecule has 2 heterocycles. The van der Waals surface area contributed by atoms with E-state index in [9.17, 15) is 4.79 Å². The first-order valence-corrected chi connectivity index (χ1v) is 12.3. The monoisotopic (exact) mass is 462 g/mol. The number of allylic oxidation sites excluding steroid dienone is 2. The van der Waals surface area contributed by atoms with E-state index in [4.69, 9.17) is 9.84 Å². The lowest BCUT2D eigenvalue weighted by atomic mass is 9.93. The molecule has 1 aliphatic rings. The number of hydrogen-bond donors (Lipinski definition) is 1. The first-order chi connectivity index (χ1) is 16.0. The second kappa shape index (κ2) is 10.3. The Morgan fingerprint density at radius 2 is 2.00 bits per heavy atom. The van der Waals surface area contributed by atoms with Gasteiger partial charge in [0.05, 0.1) is 0 Å². The molecule has 0 saturated heterocycles. The van der Waals surface area contributed by atoms with Crippen molar-refractivity contribution >= 4 is 23.5 Å². The number of thioether (sulfide) groups is 1. The highest BCUT2D eigenvalue weighted by molar-refractivity contribution is 7.99. The number of ether oxygens (including phenoxy) is 1. The van der Waals surface area contributed by atoms with E-state index in [2.05, 4.69) is 36.3 Å². The van der Waals surface area contributed by atoms with Crippen LogP contribution in [0, 0.1) is 6.92 Å². The number of hydrogen-bond acceptors (Lipinski definition) is 6. The molecule has 172 valence electrons. The maximum Gasteiger partial charge on any atom is 0.227 e. The normalized spacial score (nSPS) is 15.2. The first kappa shape index (κ1) is 23.1. The molecular formula is C26H30N4O2S. The van der Waals surface area contributed by atoms with Crippen molar-refractivity contribution in [3.63, 3.8) is 0 Å². The fraction of sp³-hybridized carbons (Fsp3) is 0.346. The topological polar surface area (TPSA) is 69.0 Å². The predicted octanol–water partition coefficient (Wildman–Crippen LogP) is 5.94. The molecule has 0 amide bonds. The van der Waals surface area contributed by atoms with Crippen molar-refractivity contribution in [3.8, 4) is 5.75 Å². The highest BCUT2D eigenvalue weighted by atomic mass is 32.2. The van der Waals surface area contributed by atoms with Crippen LogP contribution in [0.4, 0.5) is 5.95 Å². The third kappa shape index (κ3) is 5.14. The zero-order chi connectivity index (χ0) is 23.4. The number of Topliss-reactive ketones (excluding diaryl/α,β-unsaturated/α-hetero) is 1. The third-order valence-electron chi connectivity index (χ3n) is 5.77. The smallest absolute Gasteiger partial charge is 0.227 e. The summed E-state index contributed by atoms with van der Waals surface area (Å²) in [6.45, 7) is 8.27. The van der Waals surface area contributed by atoms with Gasteiger partial charge in [-0.15, -0.1) is 5.10 Å². The number of benzene rings is 2. The van der Waals surface area contributed by atoms with Gasteiger partial charge in [0.1, 0.15) is 18.4 Å². The SMILES string of the molecule is CCCCSc1nc2n(n1)C(c1cccc(OCc3ccccc3C)c1)C(C(C)=O)=C(C)N2. The van der Waals surface area contributed by atoms with Gasteiger partial charge >= 0.3 is 0 Å².